The van der Waals surface area contributed by atoms with Crippen LogP contribution in [-0.4, -0.2) is 22.1 Å². The second-order valence-corrected chi connectivity index (χ2v) is 4.44. The fourth-order valence-corrected chi connectivity index (χ4v) is 1.73. The van der Waals surface area contributed by atoms with Crippen LogP contribution in [0, 0.1) is 0 Å². The highest BCUT2D eigenvalue weighted by atomic mass is 16.4. The highest BCUT2D eigenvalue weighted by Gasteiger charge is 2.11. The van der Waals surface area contributed by atoms with Gasteiger partial charge in [-0.1, -0.05) is 0 Å². The molecular weight excluding hydrogens is 274 g/mol. The van der Waals surface area contributed by atoms with Crippen molar-refractivity contribution in [2.24, 2.45) is 0 Å². The van der Waals surface area contributed by atoms with Crippen molar-refractivity contribution in [3.63, 3.8) is 0 Å². The molecule has 0 fully saturated rings. The molecule has 2 heterocycles. The summed E-state index contributed by atoms with van der Waals surface area (Å²) in [4.78, 5) is 26.3. The number of urea groups is 1. The molecule has 0 saturated heterocycles. The van der Waals surface area contributed by atoms with Gasteiger partial charge in [0.1, 0.15) is 5.76 Å². The largest absolute Gasteiger partial charge is 0.481 e. The number of nitrogens with one attached hydrogen (secondary N) is 2. The maximum absolute atomic E-state index is 11.8. The van der Waals surface area contributed by atoms with E-state index in [1.807, 2.05) is 0 Å². The zero-order valence-electron chi connectivity index (χ0n) is 11.4. The first-order valence-corrected chi connectivity index (χ1v) is 6.32. The molecule has 0 saturated carbocycles. The predicted molar refractivity (Wildman–Crippen MR) is 74.9 cm³/mol. The molecule has 0 aliphatic carbocycles. The number of hydrogen-bond acceptors (Lipinski definition) is 4. The number of rotatable bonds is 5. The highest BCUT2D eigenvalue weighted by molar-refractivity contribution is 5.89. The van der Waals surface area contributed by atoms with Crippen molar-refractivity contribution in [1.82, 2.24) is 10.3 Å². The number of pyridine rings is 1. The predicted octanol–water partition coefficient (Wildman–Crippen LogP) is 2.18. The quantitative estimate of drug-likeness (QED) is 0.782. The molecule has 2 amide bonds. The first-order chi connectivity index (χ1) is 10.0. The van der Waals surface area contributed by atoms with E-state index in [0.717, 1.165) is 0 Å². The van der Waals surface area contributed by atoms with Crippen molar-refractivity contribution < 1.29 is 19.1 Å². The van der Waals surface area contributed by atoms with Gasteiger partial charge < -0.3 is 20.2 Å². The second kappa shape index (κ2) is 6.56. The van der Waals surface area contributed by atoms with Gasteiger partial charge in [0.2, 0.25) is 0 Å². The van der Waals surface area contributed by atoms with Gasteiger partial charge in [-0.25, -0.2) is 4.79 Å². The zero-order chi connectivity index (χ0) is 15.2. The van der Waals surface area contributed by atoms with Crippen LogP contribution in [0.15, 0.2) is 41.1 Å². The number of anilines is 1. The SMILES string of the molecule is CC(NC(=O)Nc1ccc(CC(=O)O)nc1)c1ccco1. The number of carboxylic acid groups (broad SMARTS) is 1. The van der Waals surface area contributed by atoms with E-state index < -0.39 is 12.0 Å². The summed E-state index contributed by atoms with van der Waals surface area (Å²) in [7, 11) is 0. The molecule has 7 heteroatoms. The minimum absolute atomic E-state index is 0.151. The molecule has 0 bridgehead atoms. The van der Waals surface area contributed by atoms with Crippen molar-refractivity contribution in [3.05, 3.63) is 48.2 Å². The lowest BCUT2D eigenvalue weighted by molar-refractivity contribution is -0.136. The van der Waals surface area contributed by atoms with E-state index in [1.54, 1.807) is 31.2 Å². The van der Waals surface area contributed by atoms with Crippen molar-refractivity contribution in [2.45, 2.75) is 19.4 Å². The van der Waals surface area contributed by atoms with Crippen LogP contribution in [0.3, 0.4) is 0 Å². The third-order valence-corrected chi connectivity index (χ3v) is 2.73. The number of amides is 2. The Hall–Kier alpha value is -2.83. The maximum Gasteiger partial charge on any atom is 0.319 e. The molecule has 7 nitrogen and oxygen atoms in total. The Morgan fingerprint density at radius 3 is 2.76 bits per heavy atom. The van der Waals surface area contributed by atoms with Gasteiger partial charge in [0.25, 0.3) is 0 Å². The summed E-state index contributed by atoms with van der Waals surface area (Å²) in [6.45, 7) is 1.80. The van der Waals surface area contributed by atoms with Gasteiger partial charge in [-0.15, -0.1) is 0 Å². The molecule has 2 rings (SSSR count). The minimum Gasteiger partial charge on any atom is -0.481 e. The Labute approximate surface area is 121 Å². The van der Waals surface area contributed by atoms with Crippen LogP contribution in [0.1, 0.15) is 24.4 Å². The van der Waals surface area contributed by atoms with Gasteiger partial charge in [0.05, 0.1) is 36.3 Å². The summed E-state index contributed by atoms with van der Waals surface area (Å²) in [6, 6.07) is 6.01. The van der Waals surface area contributed by atoms with Crippen LogP contribution in [0.4, 0.5) is 10.5 Å². The van der Waals surface area contributed by atoms with E-state index in [0.29, 0.717) is 17.1 Å². The fraction of sp³-hybridized carbons (Fsp3) is 0.214. The van der Waals surface area contributed by atoms with Crippen LogP contribution in [0.5, 0.6) is 0 Å². The highest BCUT2D eigenvalue weighted by Crippen LogP contribution is 2.13. The van der Waals surface area contributed by atoms with Crippen molar-refractivity contribution >= 4 is 17.7 Å². The first kappa shape index (κ1) is 14.6. The van der Waals surface area contributed by atoms with Crippen molar-refractivity contribution in [3.8, 4) is 0 Å². The second-order valence-electron chi connectivity index (χ2n) is 4.44. The smallest absolute Gasteiger partial charge is 0.319 e. The van der Waals surface area contributed by atoms with Crippen LogP contribution < -0.4 is 10.6 Å². The summed E-state index contributed by atoms with van der Waals surface area (Å²) in [5.41, 5.74) is 0.908. The average molecular weight is 289 g/mol. The number of furan rings is 1. The van der Waals surface area contributed by atoms with Gasteiger partial charge in [-0.3, -0.25) is 9.78 Å². The number of nitrogens with zero attached hydrogens (tertiary/aromatic N) is 1. The number of carbonyl (C=O) groups excluding carboxylic acids is 1. The lowest BCUT2D eigenvalue weighted by atomic mass is 10.2. The van der Waals surface area contributed by atoms with Crippen LogP contribution in [-0.2, 0) is 11.2 Å². The van der Waals surface area contributed by atoms with Crippen LogP contribution >= 0.6 is 0 Å². The van der Waals surface area contributed by atoms with Gasteiger partial charge in [-0.05, 0) is 31.2 Å². The molecule has 0 aliphatic heterocycles. The molecule has 0 aliphatic rings. The van der Waals surface area contributed by atoms with Gasteiger partial charge >= 0.3 is 12.0 Å². The Morgan fingerprint density at radius 2 is 2.19 bits per heavy atom. The Morgan fingerprint density at radius 1 is 1.38 bits per heavy atom. The molecular formula is C14H15N3O4. The third-order valence-electron chi connectivity index (χ3n) is 2.73. The number of aromatic nitrogens is 1. The standard InChI is InChI=1S/C14H15N3O4/c1-9(12-3-2-6-21-12)16-14(20)17-11-5-4-10(15-8-11)7-13(18)19/h2-6,8-9H,7H2,1H3,(H,18,19)(H2,16,17,20). The van der Waals surface area contributed by atoms with Gasteiger partial charge in [-0.2, -0.15) is 0 Å². The van der Waals surface area contributed by atoms with Crippen LogP contribution in [0.25, 0.3) is 0 Å². The maximum atomic E-state index is 11.8. The molecule has 0 radical (unpaired) electrons. The molecule has 3 N–H and O–H groups in total. The lowest BCUT2D eigenvalue weighted by Gasteiger charge is -2.12. The van der Waals surface area contributed by atoms with Crippen molar-refractivity contribution in [1.29, 1.82) is 0 Å². The third kappa shape index (κ3) is 4.34. The van der Waals surface area contributed by atoms with Crippen molar-refractivity contribution in [2.75, 3.05) is 5.32 Å². The van der Waals surface area contributed by atoms with E-state index in [4.69, 9.17) is 9.52 Å². The summed E-state index contributed by atoms with van der Waals surface area (Å²) < 4.78 is 5.19. The average Bonchev–Trinajstić information content (AvgIpc) is 2.94. The number of hydrogen-bond donors (Lipinski definition) is 3. The molecule has 21 heavy (non-hydrogen) atoms. The number of aliphatic carboxylic acids is 1. The first-order valence-electron chi connectivity index (χ1n) is 6.32. The summed E-state index contributed by atoms with van der Waals surface area (Å²) in [5, 5.41) is 14.0. The Balaban J connectivity index is 1.89. The molecule has 0 spiro atoms. The van der Waals surface area contributed by atoms with E-state index in [2.05, 4.69) is 15.6 Å². The zero-order valence-corrected chi connectivity index (χ0v) is 11.4. The minimum atomic E-state index is -0.951. The molecule has 2 aromatic rings. The molecule has 1 atom stereocenters. The Kier molecular flexibility index (Phi) is 4.55. The van der Waals surface area contributed by atoms with E-state index in [-0.39, 0.29) is 12.5 Å². The summed E-state index contributed by atoms with van der Waals surface area (Å²) in [5.74, 6) is -0.298. The van der Waals surface area contributed by atoms with E-state index in [1.165, 1.54) is 12.5 Å². The van der Waals surface area contributed by atoms with Gasteiger partial charge in [0, 0.05) is 0 Å². The number of carboxylic acids is 1. The van der Waals surface area contributed by atoms with Crippen LogP contribution in [0.2, 0.25) is 0 Å². The fourth-order valence-electron chi connectivity index (χ4n) is 1.73. The molecule has 1 unspecified atom stereocenters. The monoisotopic (exact) mass is 289 g/mol. The Bertz CT molecular complexity index is 608. The summed E-state index contributed by atoms with van der Waals surface area (Å²) >= 11 is 0. The number of carbonyl (C=O) groups is 2. The molecule has 2 aromatic heterocycles. The topological polar surface area (TPSA) is 104 Å². The normalized spacial score (nSPS) is 11.7. The van der Waals surface area contributed by atoms with E-state index >= 15 is 0 Å². The molecule has 0 aromatic carbocycles. The van der Waals surface area contributed by atoms with Gasteiger partial charge in [0.15, 0.2) is 0 Å². The summed E-state index contributed by atoms with van der Waals surface area (Å²) in [6.07, 6.45) is 2.80. The lowest BCUT2D eigenvalue weighted by Crippen LogP contribution is -2.31. The van der Waals surface area contributed by atoms with E-state index in [9.17, 15) is 9.59 Å². The molecule has 110 valence electrons.